The van der Waals surface area contributed by atoms with E-state index in [-0.39, 0.29) is 0 Å². The van der Waals surface area contributed by atoms with Crippen LogP contribution in [-0.4, -0.2) is 14.5 Å². The number of nitrogen functional groups attached to an aromatic ring is 1. The second kappa shape index (κ2) is 3.82. The van der Waals surface area contributed by atoms with Gasteiger partial charge in [-0.25, -0.2) is 4.98 Å². The lowest BCUT2D eigenvalue weighted by Gasteiger charge is -2.06. The van der Waals surface area contributed by atoms with Crippen LogP contribution in [0.5, 0.6) is 0 Å². The molecule has 0 aliphatic heterocycles. The van der Waals surface area contributed by atoms with Crippen molar-refractivity contribution in [2.45, 2.75) is 18.8 Å². The highest BCUT2D eigenvalue weighted by Gasteiger charge is 2.25. The highest BCUT2D eigenvalue weighted by atomic mass is 15.0. The quantitative estimate of drug-likeness (QED) is 0.760. The molecule has 0 amide bonds. The summed E-state index contributed by atoms with van der Waals surface area (Å²) in [6, 6.07) is 8.16. The summed E-state index contributed by atoms with van der Waals surface area (Å²) >= 11 is 0. The molecular weight excluding hydrogens is 236 g/mol. The first kappa shape index (κ1) is 10.6. The van der Waals surface area contributed by atoms with Crippen molar-refractivity contribution in [2.75, 3.05) is 5.73 Å². The van der Waals surface area contributed by atoms with Crippen LogP contribution in [-0.2, 0) is 0 Å². The normalized spacial score (nSPS) is 14.9. The molecule has 0 unspecified atom stereocenters. The Labute approximate surface area is 110 Å². The minimum Gasteiger partial charge on any atom is -0.397 e. The van der Waals surface area contributed by atoms with Gasteiger partial charge in [0.15, 0.2) is 0 Å². The van der Waals surface area contributed by atoms with E-state index in [9.17, 15) is 0 Å². The van der Waals surface area contributed by atoms with Gasteiger partial charge in [-0.2, -0.15) is 0 Å². The predicted octanol–water partition coefficient (Wildman–Crippen LogP) is 2.88. The first-order valence-corrected chi connectivity index (χ1v) is 6.50. The van der Waals surface area contributed by atoms with Gasteiger partial charge in [0.1, 0.15) is 5.65 Å². The van der Waals surface area contributed by atoms with Crippen LogP contribution in [0.2, 0.25) is 0 Å². The van der Waals surface area contributed by atoms with Crippen molar-refractivity contribution < 1.29 is 0 Å². The third-order valence-corrected chi connectivity index (χ3v) is 3.59. The van der Waals surface area contributed by atoms with Crippen molar-refractivity contribution in [3.05, 3.63) is 48.5 Å². The summed E-state index contributed by atoms with van der Waals surface area (Å²) < 4.78 is 2.09. The van der Waals surface area contributed by atoms with Gasteiger partial charge in [-0.15, -0.1) is 0 Å². The highest BCUT2D eigenvalue weighted by Crippen LogP contribution is 2.39. The average Bonchev–Trinajstić information content (AvgIpc) is 3.19. The van der Waals surface area contributed by atoms with E-state index in [0.29, 0.717) is 11.6 Å². The number of hydrogen-bond acceptors (Lipinski definition) is 3. The molecule has 0 aromatic carbocycles. The highest BCUT2D eigenvalue weighted by molar-refractivity contribution is 5.80. The summed E-state index contributed by atoms with van der Waals surface area (Å²) in [4.78, 5) is 8.88. The van der Waals surface area contributed by atoms with Gasteiger partial charge in [0, 0.05) is 29.4 Å². The summed E-state index contributed by atoms with van der Waals surface area (Å²) in [5.41, 5.74) is 9.69. The summed E-state index contributed by atoms with van der Waals surface area (Å²) in [5, 5.41) is 1.06. The van der Waals surface area contributed by atoms with E-state index in [1.807, 2.05) is 30.6 Å². The largest absolute Gasteiger partial charge is 0.397 e. The van der Waals surface area contributed by atoms with Gasteiger partial charge >= 0.3 is 0 Å². The van der Waals surface area contributed by atoms with E-state index < -0.39 is 0 Å². The number of fused-ring (bicyclic) bond motifs is 1. The van der Waals surface area contributed by atoms with E-state index in [1.54, 1.807) is 6.20 Å². The smallest absolute Gasteiger partial charge is 0.144 e. The fourth-order valence-electron chi connectivity index (χ4n) is 2.44. The molecule has 94 valence electrons. The van der Waals surface area contributed by atoms with Gasteiger partial charge in [-0.3, -0.25) is 4.98 Å². The number of nitrogens with two attached hydrogens (primary N) is 1. The van der Waals surface area contributed by atoms with Crippen molar-refractivity contribution in [3.63, 3.8) is 0 Å². The maximum absolute atomic E-state index is 5.76. The van der Waals surface area contributed by atoms with Crippen LogP contribution in [0, 0.1) is 0 Å². The molecule has 19 heavy (non-hydrogen) atoms. The lowest BCUT2D eigenvalue weighted by Crippen LogP contribution is -1.97. The summed E-state index contributed by atoms with van der Waals surface area (Å²) in [5.74, 6) is 0.658. The topological polar surface area (TPSA) is 56.7 Å². The Morgan fingerprint density at radius 1 is 1.16 bits per heavy atom. The minimum absolute atomic E-state index is 0.658. The van der Waals surface area contributed by atoms with Crippen LogP contribution in [0.4, 0.5) is 5.69 Å². The molecule has 1 saturated carbocycles. The Morgan fingerprint density at radius 3 is 2.89 bits per heavy atom. The molecule has 0 spiro atoms. The Balaban J connectivity index is 1.87. The molecule has 1 aliphatic carbocycles. The second-order valence-corrected chi connectivity index (χ2v) is 5.08. The molecule has 0 radical (unpaired) electrons. The number of nitrogens with zero attached hydrogens (tertiary/aromatic N) is 3. The minimum atomic E-state index is 0.658. The van der Waals surface area contributed by atoms with E-state index in [0.717, 1.165) is 16.7 Å². The number of anilines is 1. The zero-order valence-corrected chi connectivity index (χ0v) is 10.5. The Morgan fingerprint density at radius 2 is 2.05 bits per heavy atom. The van der Waals surface area contributed by atoms with Crippen LogP contribution < -0.4 is 5.73 Å². The van der Waals surface area contributed by atoms with Crippen molar-refractivity contribution in [1.29, 1.82) is 0 Å². The van der Waals surface area contributed by atoms with Crippen LogP contribution in [0.1, 0.15) is 24.5 Å². The molecule has 3 heterocycles. The molecule has 1 aliphatic rings. The standard InChI is InChI=1S/C15H14N4/c16-12-7-11-4-6-19(15(11)18-9-12)13-3-5-17-14(8-13)10-1-2-10/h3-10H,1-2,16H2. The molecule has 0 saturated heterocycles. The SMILES string of the molecule is Nc1cnc2c(ccn2-c2ccnc(C3CC3)c2)c1. The van der Waals surface area contributed by atoms with Crippen LogP contribution in [0.15, 0.2) is 42.9 Å². The zero-order valence-electron chi connectivity index (χ0n) is 10.5. The molecular formula is C15H14N4. The molecule has 0 atom stereocenters. The molecule has 4 heteroatoms. The third-order valence-electron chi connectivity index (χ3n) is 3.59. The van der Waals surface area contributed by atoms with Gasteiger partial charge in [-0.1, -0.05) is 0 Å². The maximum Gasteiger partial charge on any atom is 0.144 e. The molecule has 3 aromatic heterocycles. The van der Waals surface area contributed by atoms with Gasteiger partial charge in [-0.05, 0) is 37.1 Å². The summed E-state index contributed by atoms with van der Waals surface area (Å²) in [6.45, 7) is 0. The van der Waals surface area contributed by atoms with Crippen LogP contribution >= 0.6 is 0 Å². The van der Waals surface area contributed by atoms with E-state index in [2.05, 4.69) is 20.6 Å². The Kier molecular flexibility index (Phi) is 2.12. The maximum atomic E-state index is 5.76. The first-order chi connectivity index (χ1) is 9.31. The number of hydrogen-bond donors (Lipinski definition) is 1. The van der Waals surface area contributed by atoms with Gasteiger partial charge in [0.25, 0.3) is 0 Å². The molecule has 4 nitrogen and oxygen atoms in total. The van der Waals surface area contributed by atoms with Crippen molar-refractivity contribution in [1.82, 2.24) is 14.5 Å². The number of aromatic nitrogens is 3. The van der Waals surface area contributed by atoms with Gasteiger partial charge < -0.3 is 10.3 Å². The third kappa shape index (κ3) is 1.76. The van der Waals surface area contributed by atoms with Crippen molar-refractivity contribution >= 4 is 16.7 Å². The Hall–Kier alpha value is -2.36. The first-order valence-electron chi connectivity index (χ1n) is 6.50. The molecule has 4 rings (SSSR count). The van der Waals surface area contributed by atoms with E-state index in [4.69, 9.17) is 5.73 Å². The number of pyridine rings is 2. The van der Waals surface area contributed by atoms with Crippen LogP contribution in [0.25, 0.3) is 16.7 Å². The summed E-state index contributed by atoms with van der Waals surface area (Å²) in [6.07, 6.45) is 8.13. The van der Waals surface area contributed by atoms with Crippen molar-refractivity contribution in [2.24, 2.45) is 0 Å². The fraction of sp³-hybridized carbons (Fsp3) is 0.200. The molecule has 1 fully saturated rings. The van der Waals surface area contributed by atoms with E-state index in [1.165, 1.54) is 18.5 Å². The summed E-state index contributed by atoms with van der Waals surface area (Å²) in [7, 11) is 0. The molecule has 3 aromatic rings. The van der Waals surface area contributed by atoms with Crippen molar-refractivity contribution in [3.8, 4) is 5.69 Å². The predicted molar refractivity (Wildman–Crippen MR) is 75.3 cm³/mol. The fourth-order valence-corrected chi connectivity index (χ4v) is 2.44. The van der Waals surface area contributed by atoms with E-state index >= 15 is 0 Å². The zero-order chi connectivity index (χ0) is 12.8. The second-order valence-electron chi connectivity index (χ2n) is 5.08. The molecule has 0 bridgehead atoms. The lowest BCUT2D eigenvalue weighted by atomic mass is 10.2. The average molecular weight is 250 g/mol. The monoisotopic (exact) mass is 250 g/mol. The lowest BCUT2D eigenvalue weighted by molar-refractivity contribution is 0.994. The van der Waals surface area contributed by atoms with Gasteiger partial charge in [0.2, 0.25) is 0 Å². The Bertz CT molecular complexity index is 756. The van der Waals surface area contributed by atoms with Crippen LogP contribution in [0.3, 0.4) is 0 Å². The number of rotatable bonds is 2. The molecule has 2 N–H and O–H groups in total. The van der Waals surface area contributed by atoms with Gasteiger partial charge in [0.05, 0.1) is 17.6 Å².